The van der Waals surface area contributed by atoms with Gasteiger partial charge in [0.05, 0.1) is 10.4 Å². The van der Waals surface area contributed by atoms with Gasteiger partial charge in [-0.25, -0.2) is 8.42 Å². The number of aryl methyl sites for hydroxylation is 1. The molecule has 2 aromatic carbocycles. The number of fused-ring (bicyclic) bond motifs is 1. The van der Waals surface area contributed by atoms with Gasteiger partial charge in [0.15, 0.2) is 0 Å². The van der Waals surface area contributed by atoms with E-state index in [1.807, 2.05) is 49.4 Å². The third-order valence-electron chi connectivity index (χ3n) is 5.24. The summed E-state index contributed by atoms with van der Waals surface area (Å²) >= 11 is 1.62. The number of carbonyl (C=O) groups excluding carboxylic acids is 1. The van der Waals surface area contributed by atoms with Crippen LogP contribution >= 0.6 is 11.8 Å². The highest BCUT2D eigenvalue weighted by molar-refractivity contribution is 8.00. The summed E-state index contributed by atoms with van der Waals surface area (Å²) in [4.78, 5) is 13.3. The van der Waals surface area contributed by atoms with Crippen LogP contribution in [-0.4, -0.2) is 47.3 Å². The lowest BCUT2D eigenvalue weighted by molar-refractivity contribution is 0.0905. The van der Waals surface area contributed by atoms with Crippen molar-refractivity contribution in [3.63, 3.8) is 0 Å². The highest BCUT2D eigenvalue weighted by Crippen LogP contribution is 2.25. The Bertz CT molecular complexity index is 1180. The number of aromatic nitrogens is 1. The molecule has 3 aromatic rings. The van der Waals surface area contributed by atoms with E-state index in [0.29, 0.717) is 13.1 Å². The summed E-state index contributed by atoms with van der Waals surface area (Å²) in [6.45, 7) is 2.54. The summed E-state index contributed by atoms with van der Waals surface area (Å²) in [7, 11) is -3.62. The van der Waals surface area contributed by atoms with Crippen molar-refractivity contribution < 1.29 is 13.2 Å². The number of para-hydroxylation sites is 1. The van der Waals surface area contributed by atoms with Crippen LogP contribution in [0.4, 0.5) is 0 Å². The number of benzene rings is 2. The van der Waals surface area contributed by atoms with Crippen molar-refractivity contribution in [1.82, 2.24) is 8.87 Å². The van der Waals surface area contributed by atoms with Gasteiger partial charge in [0.2, 0.25) is 15.9 Å². The molecule has 30 heavy (non-hydrogen) atoms. The summed E-state index contributed by atoms with van der Waals surface area (Å²) in [5, 5.41) is 0.895. The second kappa shape index (κ2) is 8.79. The molecule has 0 bridgehead atoms. The molecule has 0 saturated carbocycles. The van der Waals surface area contributed by atoms with E-state index in [1.165, 1.54) is 4.31 Å². The zero-order valence-corrected chi connectivity index (χ0v) is 18.4. The summed E-state index contributed by atoms with van der Waals surface area (Å²) < 4.78 is 29.5. The average molecular weight is 441 g/mol. The van der Waals surface area contributed by atoms with Crippen LogP contribution in [0.3, 0.4) is 0 Å². The number of hydrogen-bond donors (Lipinski definition) is 0. The fourth-order valence-electron chi connectivity index (χ4n) is 3.58. The van der Waals surface area contributed by atoms with E-state index in [0.717, 1.165) is 22.2 Å². The first-order valence-electron chi connectivity index (χ1n) is 9.88. The smallest absolute Gasteiger partial charge is 0.243 e. The molecule has 5 nitrogen and oxygen atoms in total. The lowest BCUT2D eigenvalue weighted by atomic mass is 10.2. The zero-order valence-electron chi connectivity index (χ0n) is 16.8. The van der Waals surface area contributed by atoms with E-state index in [2.05, 4.69) is 0 Å². The highest BCUT2D eigenvalue weighted by atomic mass is 32.2. The predicted octanol–water partition coefficient (Wildman–Crippen LogP) is 4.34. The minimum atomic E-state index is -3.62. The summed E-state index contributed by atoms with van der Waals surface area (Å²) in [6.07, 6.45) is 5.93. The molecule has 0 fully saturated rings. The number of rotatable bonds is 4. The van der Waals surface area contributed by atoms with Crippen molar-refractivity contribution in [2.45, 2.75) is 23.5 Å². The van der Waals surface area contributed by atoms with Crippen LogP contribution in [0.1, 0.15) is 16.8 Å². The number of thioether (sulfide) groups is 1. The summed E-state index contributed by atoms with van der Waals surface area (Å²) in [5.74, 6) is 0.744. The van der Waals surface area contributed by atoms with Gasteiger partial charge in [0.1, 0.15) is 0 Å². The molecule has 0 saturated heterocycles. The topological polar surface area (TPSA) is 59.4 Å². The molecule has 1 atom stereocenters. The third-order valence-corrected chi connectivity index (χ3v) is 8.26. The fourth-order valence-corrected chi connectivity index (χ4v) is 6.17. The molecule has 1 unspecified atom stereocenters. The maximum atomic E-state index is 13.2. The van der Waals surface area contributed by atoms with Gasteiger partial charge < -0.3 is 0 Å². The van der Waals surface area contributed by atoms with Crippen LogP contribution in [0.5, 0.6) is 0 Å². The van der Waals surface area contributed by atoms with Crippen LogP contribution < -0.4 is 0 Å². The molecule has 2 heterocycles. The predicted molar refractivity (Wildman–Crippen MR) is 123 cm³/mol. The van der Waals surface area contributed by atoms with Gasteiger partial charge in [-0.05, 0) is 31.2 Å². The van der Waals surface area contributed by atoms with Crippen molar-refractivity contribution >= 4 is 38.6 Å². The lowest BCUT2D eigenvalue weighted by Crippen LogP contribution is -2.38. The second-order valence-corrected chi connectivity index (χ2v) is 10.7. The molecule has 0 radical (unpaired) electrons. The first-order chi connectivity index (χ1) is 14.4. The molecule has 0 aliphatic carbocycles. The van der Waals surface area contributed by atoms with E-state index in [4.69, 9.17) is 0 Å². The van der Waals surface area contributed by atoms with Crippen LogP contribution in [0.2, 0.25) is 0 Å². The van der Waals surface area contributed by atoms with Gasteiger partial charge >= 0.3 is 0 Å². The Labute approximate surface area is 181 Å². The molecule has 1 aliphatic heterocycles. The molecule has 156 valence electrons. The van der Waals surface area contributed by atoms with Crippen molar-refractivity contribution in [1.29, 1.82) is 0 Å². The SMILES string of the molecule is Cc1ccc(S(=O)(=O)N2C/C=C\CSC(CC(=O)n3ccc4ccccc43)C2)cc1. The Morgan fingerprint density at radius 3 is 2.63 bits per heavy atom. The quantitative estimate of drug-likeness (QED) is 0.566. The van der Waals surface area contributed by atoms with Crippen LogP contribution in [0.15, 0.2) is 77.8 Å². The van der Waals surface area contributed by atoms with Gasteiger partial charge in [-0.15, -0.1) is 0 Å². The molecular weight excluding hydrogens is 416 g/mol. The Morgan fingerprint density at radius 2 is 1.83 bits per heavy atom. The Morgan fingerprint density at radius 1 is 1.07 bits per heavy atom. The van der Waals surface area contributed by atoms with Crippen molar-refractivity contribution in [2.24, 2.45) is 0 Å². The molecule has 0 spiro atoms. The average Bonchev–Trinajstić information content (AvgIpc) is 3.14. The van der Waals surface area contributed by atoms with E-state index in [1.54, 1.807) is 46.8 Å². The normalized spacial score (nSPS) is 19.3. The van der Waals surface area contributed by atoms with Gasteiger partial charge in [-0.2, -0.15) is 16.1 Å². The Balaban J connectivity index is 1.55. The highest BCUT2D eigenvalue weighted by Gasteiger charge is 2.28. The van der Waals surface area contributed by atoms with E-state index in [-0.39, 0.29) is 22.5 Å². The number of nitrogens with zero attached hydrogens (tertiary/aromatic N) is 2. The molecule has 7 heteroatoms. The summed E-state index contributed by atoms with van der Waals surface area (Å²) in [5.41, 5.74) is 1.89. The zero-order chi connectivity index (χ0) is 21.1. The minimum Gasteiger partial charge on any atom is -0.287 e. The van der Waals surface area contributed by atoms with Crippen LogP contribution in [0, 0.1) is 6.92 Å². The first kappa shape index (κ1) is 20.9. The number of hydrogen-bond acceptors (Lipinski definition) is 4. The summed E-state index contributed by atoms with van der Waals surface area (Å²) in [6, 6.07) is 16.6. The maximum Gasteiger partial charge on any atom is 0.243 e. The molecular formula is C23H24N2O3S2. The van der Waals surface area contributed by atoms with Gasteiger partial charge in [0.25, 0.3) is 0 Å². The second-order valence-electron chi connectivity index (χ2n) is 7.40. The maximum absolute atomic E-state index is 13.2. The monoisotopic (exact) mass is 440 g/mol. The van der Waals surface area contributed by atoms with Crippen molar-refractivity contribution in [3.8, 4) is 0 Å². The molecule has 0 N–H and O–H groups in total. The van der Waals surface area contributed by atoms with Crippen molar-refractivity contribution in [3.05, 3.63) is 78.5 Å². The lowest BCUT2D eigenvalue weighted by Gasteiger charge is -2.27. The number of carbonyl (C=O) groups is 1. The largest absolute Gasteiger partial charge is 0.287 e. The molecule has 0 amide bonds. The molecule has 4 rings (SSSR count). The van der Waals surface area contributed by atoms with E-state index in [9.17, 15) is 13.2 Å². The standard InChI is InChI=1S/C23H24N2O3S2/c1-18-8-10-21(11-9-18)30(27,28)24-13-4-5-15-29-20(17-24)16-23(26)25-14-12-19-6-2-3-7-22(19)25/h2-12,14,20H,13,15-17H2,1H3/b5-4-. The fraction of sp³-hybridized carbons (Fsp3) is 0.261. The molecule has 1 aliphatic rings. The van der Waals surface area contributed by atoms with Crippen LogP contribution in [-0.2, 0) is 10.0 Å². The Hall–Kier alpha value is -2.35. The molecule has 1 aromatic heterocycles. The third kappa shape index (κ3) is 4.38. The van der Waals surface area contributed by atoms with Gasteiger partial charge in [-0.3, -0.25) is 9.36 Å². The first-order valence-corrected chi connectivity index (χ1v) is 12.4. The Kier molecular flexibility index (Phi) is 6.13. The van der Waals surface area contributed by atoms with Gasteiger partial charge in [0, 0.05) is 42.1 Å². The number of sulfonamides is 1. The van der Waals surface area contributed by atoms with E-state index >= 15 is 0 Å². The minimum absolute atomic E-state index is 0.0223. The van der Waals surface area contributed by atoms with E-state index < -0.39 is 10.0 Å². The van der Waals surface area contributed by atoms with Crippen molar-refractivity contribution in [2.75, 3.05) is 18.8 Å². The van der Waals surface area contributed by atoms with Gasteiger partial charge in [-0.1, -0.05) is 48.0 Å². The van der Waals surface area contributed by atoms with Crippen LogP contribution in [0.25, 0.3) is 10.9 Å².